The number of alkyl halides is 1. The second-order valence-corrected chi connectivity index (χ2v) is 6.57. The molecule has 1 aliphatic rings. The molecule has 3 atom stereocenters. The van der Waals surface area contributed by atoms with Crippen LogP contribution in [0.4, 0.5) is 0 Å². The summed E-state index contributed by atoms with van der Waals surface area (Å²) in [5.74, 6) is 1.69. The summed E-state index contributed by atoms with van der Waals surface area (Å²) in [4.78, 5) is 1.52. The number of aryl methyl sites for hydroxylation is 1. The highest BCUT2D eigenvalue weighted by molar-refractivity contribution is 7.09. The first-order chi connectivity index (χ1) is 7.79. The number of rotatable bonds is 4. The maximum Gasteiger partial charge on any atom is 0.0364 e. The Bertz CT molecular complexity index is 294. The van der Waals surface area contributed by atoms with Gasteiger partial charge in [0.1, 0.15) is 0 Å². The van der Waals surface area contributed by atoms with Gasteiger partial charge in [0.25, 0.3) is 0 Å². The van der Waals surface area contributed by atoms with E-state index in [1.165, 1.54) is 43.4 Å². The maximum atomic E-state index is 6.45. The number of hydrogen-bond donors (Lipinski definition) is 0. The quantitative estimate of drug-likeness (QED) is 0.657. The van der Waals surface area contributed by atoms with Crippen LogP contribution in [0.2, 0.25) is 0 Å². The van der Waals surface area contributed by atoms with Gasteiger partial charge >= 0.3 is 0 Å². The third-order valence-corrected chi connectivity index (χ3v) is 5.43. The Morgan fingerprint density at radius 2 is 2.31 bits per heavy atom. The Labute approximate surface area is 108 Å². The average Bonchev–Trinajstić information content (AvgIpc) is 2.81. The fourth-order valence-electron chi connectivity index (χ4n) is 2.78. The van der Waals surface area contributed by atoms with Crippen LogP contribution in [0.15, 0.2) is 17.5 Å². The SMILES string of the molecule is CCC1CCC(Cl)C(CCc2cccs2)C1. The van der Waals surface area contributed by atoms with E-state index in [2.05, 4.69) is 24.4 Å². The molecular formula is C14H21ClS. The summed E-state index contributed by atoms with van der Waals surface area (Å²) < 4.78 is 0. The van der Waals surface area contributed by atoms with Crippen LogP contribution >= 0.6 is 22.9 Å². The van der Waals surface area contributed by atoms with Gasteiger partial charge in [-0.15, -0.1) is 22.9 Å². The van der Waals surface area contributed by atoms with Gasteiger partial charge in [-0.1, -0.05) is 19.4 Å². The van der Waals surface area contributed by atoms with Gasteiger partial charge in [-0.25, -0.2) is 0 Å². The standard InChI is InChI=1S/C14H21ClS/c1-2-11-5-8-14(15)12(10-11)6-7-13-4-3-9-16-13/h3-4,9,11-12,14H,2,5-8,10H2,1H3. The van der Waals surface area contributed by atoms with Crippen LogP contribution in [0.25, 0.3) is 0 Å². The van der Waals surface area contributed by atoms with Crippen molar-refractivity contribution in [2.75, 3.05) is 0 Å². The van der Waals surface area contributed by atoms with E-state index < -0.39 is 0 Å². The Hall–Kier alpha value is -0.0100. The van der Waals surface area contributed by atoms with E-state index in [1.54, 1.807) is 0 Å². The molecule has 1 saturated carbocycles. The van der Waals surface area contributed by atoms with Crippen molar-refractivity contribution in [2.45, 2.75) is 50.8 Å². The second-order valence-electron chi connectivity index (χ2n) is 4.98. The molecule has 0 radical (unpaired) electrons. The fraction of sp³-hybridized carbons (Fsp3) is 0.714. The first-order valence-electron chi connectivity index (χ1n) is 6.46. The van der Waals surface area contributed by atoms with Gasteiger partial charge in [-0.2, -0.15) is 0 Å². The summed E-state index contributed by atoms with van der Waals surface area (Å²) in [5, 5.41) is 2.60. The monoisotopic (exact) mass is 256 g/mol. The molecule has 1 aromatic rings. The van der Waals surface area contributed by atoms with Gasteiger partial charge in [0.2, 0.25) is 0 Å². The minimum Gasteiger partial charge on any atom is -0.149 e. The van der Waals surface area contributed by atoms with E-state index in [0.29, 0.717) is 5.38 Å². The molecule has 1 aliphatic carbocycles. The van der Waals surface area contributed by atoms with Crippen LogP contribution in [-0.4, -0.2) is 5.38 Å². The van der Waals surface area contributed by atoms with Crippen molar-refractivity contribution < 1.29 is 0 Å². The predicted octanol–water partition coefficient (Wildman–Crippen LogP) is 5.11. The van der Waals surface area contributed by atoms with E-state index in [1.807, 2.05) is 11.3 Å². The molecule has 0 aliphatic heterocycles. The first-order valence-corrected chi connectivity index (χ1v) is 7.77. The Morgan fingerprint density at radius 1 is 1.44 bits per heavy atom. The molecule has 0 N–H and O–H groups in total. The van der Waals surface area contributed by atoms with Crippen LogP contribution in [0.5, 0.6) is 0 Å². The second kappa shape index (κ2) is 6.07. The third kappa shape index (κ3) is 3.24. The van der Waals surface area contributed by atoms with E-state index >= 15 is 0 Å². The van der Waals surface area contributed by atoms with Crippen molar-refractivity contribution in [3.05, 3.63) is 22.4 Å². The first kappa shape index (κ1) is 12.4. The largest absolute Gasteiger partial charge is 0.149 e. The maximum absolute atomic E-state index is 6.45. The third-order valence-electron chi connectivity index (χ3n) is 3.92. The van der Waals surface area contributed by atoms with Crippen LogP contribution in [-0.2, 0) is 6.42 Å². The van der Waals surface area contributed by atoms with Crippen LogP contribution < -0.4 is 0 Å². The molecule has 3 unspecified atom stereocenters. The number of hydrogen-bond acceptors (Lipinski definition) is 1. The lowest BCUT2D eigenvalue weighted by atomic mass is 9.78. The van der Waals surface area contributed by atoms with Crippen molar-refractivity contribution >= 4 is 22.9 Å². The summed E-state index contributed by atoms with van der Waals surface area (Å²) in [6.45, 7) is 2.32. The average molecular weight is 257 g/mol. The van der Waals surface area contributed by atoms with Gasteiger partial charge in [0.15, 0.2) is 0 Å². The highest BCUT2D eigenvalue weighted by Gasteiger charge is 2.27. The van der Waals surface area contributed by atoms with Gasteiger partial charge in [0.05, 0.1) is 0 Å². The Morgan fingerprint density at radius 3 is 3.00 bits per heavy atom. The van der Waals surface area contributed by atoms with Gasteiger partial charge in [-0.3, -0.25) is 0 Å². The van der Waals surface area contributed by atoms with E-state index in [9.17, 15) is 0 Å². The van der Waals surface area contributed by atoms with Gasteiger partial charge < -0.3 is 0 Å². The van der Waals surface area contributed by atoms with Crippen molar-refractivity contribution in [2.24, 2.45) is 11.8 Å². The molecule has 2 rings (SSSR count). The van der Waals surface area contributed by atoms with Crippen molar-refractivity contribution in [1.82, 2.24) is 0 Å². The molecule has 90 valence electrons. The molecule has 1 fully saturated rings. The van der Waals surface area contributed by atoms with E-state index in [0.717, 1.165) is 11.8 Å². The van der Waals surface area contributed by atoms with E-state index in [-0.39, 0.29) is 0 Å². The minimum absolute atomic E-state index is 0.433. The summed E-state index contributed by atoms with van der Waals surface area (Å²) in [5.41, 5.74) is 0. The molecular weight excluding hydrogens is 236 g/mol. The van der Waals surface area contributed by atoms with Crippen LogP contribution in [0.3, 0.4) is 0 Å². The summed E-state index contributed by atoms with van der Waals surface area (Å²) >= 11 is 8.32. The van der Waals surface area contributed by atoms with Crippen LogP contribution in [0.1, 0.15) is 43.9 Å². The Balaban J connectivity index is 1.82. The van der Waals surface area contributed by atoms with E-state index in [4.69, 9.17) is 11.6 Å². The molecule has 1 heterocycles. The zero-order chi connectivity index (χ0) is 11.4. The molecule has 2 heteroatoms. The lowest BCUT2D eigenvalue weighted by Gasteiger charge is -2.32. The minimum atomic E-state index is 0.433. The molecule has 16 heavy (non-hydrogen) atoms. The van der Waals surface area contributed by atoms with Crippen molar-refractivity contribution in [1.29, 1.82) is 0 Å². The highest BCUT2D eigenvalue weighted by atomic mass is 35.5. The molecule has 0 aromatic carbocycles. The molecule has 0 bridgehead atoms. The summed E-state index contributed by atoms with van der Waals surface area (Å²) in [6.07, 6.45) is 7.78. The van der Waals surface area contributed by atoms with Gasteiger partial charge in [-0.05, 0) is 55.4 Å². The molecule has 0 nitrogen and oxygen atoms in total. The zero-order valence-electron chi connectivity index (χ0n) is 9.99. The number of halogens is 1. The van der Waals surface area contributed by atoms with Crippen molar-refractivity contribution in [3.63, 3.8) is 0 Å². The normalized spacial score (nSPS) is 30.5. The summed E-state index contributed by atoms with van der Waals surface area (Å²) in [6, 6.07) is 4.39. The van der Waals surface area contributed by atoms with Gasteiger partial charge in [0, 0.05) is 10.3 Å². The summed E-state index contributed by atoms with van der Waals surface area (Å²) in [7, 11) is 0. The lowest BCUT2D eigenvalue weighted by molar-refractivity contribution is 0.255. The lowest BCUT2D eigenvalue weighted by Crippen LogP contribution is -2.25. The fourth-order valence-corrected chi connectivity index (χ4v) is 3.86. The smallest absolute Gasteiger partial charge is 0.0364 e. The molecule has 0 spiro atoms. The topological polar surface area (TPSA) is 0 Å². The van der Waals surface area contributed by atoms with Crippen molar-refractivity contribution in [3.8, 4) is 0 Å². The molecule has 1 aromatic heterocycles. The van der Waals surface area contributed by atoms with Crippen LogP contribution in [0, 0.1) is 11.8 Å². The Kier molecular flexibility index (Phi) is 4.72. The number of thiophene rings is 1. The zero-order valence-corrected chi connectivity index (χ0v) is 11.6. The highest BCUT2D eigenvalue weighted by Crippen LogP contribution is 2.36. The predicted molar refractivity (Wildman–Crippen MR) is 73.4 cm³/mol. The molecule has 0 amide bonds. The molecule has 0 saturated heterocycles.